The Morgan fingerprint density at radius 2 is 1.77 bits per heavy atom. The van der Waals surface area contributed by atoms with Gasteiger partial charge in [-0.15, -0.1) is 0 Å². The van der Waals surface area contributed by atoms with Crippen molar-refractivity contribution >= 4 is 43.5 Å². The minimum absolute atomic E-state index is 0.285. The van der Waals surface area contributed by atoms with Gasteiger partial charge in [-0.25, -0.2) is 8.42 Å². The van der Waals surface area contributed by atoms with E-state index in [1.54, 1.807) is 31.2 Å². The Morgan fingerprint density at radius 1 is 1.10 bits per heavy atom. The highest BCUT2D eigenvalue weighted by Gasteiger charge is 2.29. The molecule has 7 nitrogen and oxygen atoms in total. The predicted octanol–water partition coefficient (Wildman–Crippen LogP) is 2.42. The van der Waals surface area contributed by atoms with E-state index in [1.807, 2.05) is 30.3 Å². The highest BCUT2D eigenvalue weighted by atomic mass is 79.9. The van der Waals surface area contributed by atoms with Crippen molar-refractivity contribution in [2.75, 3.05) is 30.7 Å². The monoisotopic (exact) mass is 495 g/mol. The van der Waals surface area contributed by atoms with Crippen molar-refractivity contribution < 1.29 is 18.0 Å². The van der Waals surface area contributed by atoms with Gasteiger partial charge in [-0.3, -0.25) is 13.9 Å². The number of nitrogens with one attached hydrogen (secondary N) is 1. The van der Waals surface area contributed by atoms with Crippen molar-refractivity contribution in [2.24, 2.45) is 0 Å². The molecule has 1 atom stereocenters. The van der Waals surface area contributed by atoms with E-state index in [1.165, 1.54) is 11.9 Å². The van der Waals surface area contributed by atoms with Crippen LogP contribution in [0.5, 0.6) is 0 Å². The number of nitrogens with zero attached hydrogens (tertiary/aromatic N) is 2. The molecule has 0 bridgehead atoms. The Balaban J connectivity index is 2.28. The van der Waals surface area contributed by atoms with Crippen LogP contribution in [-0.2, 0) is 26.0 Å². The van der Waals surface area contributed by atoms with E-state index in [2.05, 4.69) is 21.2 Å². The number of carbonyl (C=O) groups is 2. The van der Waals surface area contributed by atoms with Gasteiger partial charge in [0.15, 0.2) is 0 Å². The van der Waals surface area contributed by atoms with Gasteiger partial charge in [-0.05, 0) is 37.1 Å². The number of hydrogen-bond donors (Lipinski definition) is 1. The molecule has 2 amide bonds. The largest absolute Gasteiger partial charge is 0.357 e. The van der Waals surface area contributed by atoms with E-state index in [0.717, 1.165) is 16.1 Å². The summed E-state index contributed by atoms with van der Waals surface area (Å²) < 4.78 is 26.5. The summed E-state index contributed by atoms with van der Waals surface area (Å²) in [6.45, 7) is 1.52. The zero-order chi connectivity index (χ0) is 22.3. The SMILES string of the molecule is CNC(=O)[C@H](C)N(CCc1ccccc1)C(=O)CN(c1cccc(Br)c1)S(C)(=O)=O. The Morgan fingerprint density at radius 3 is 2.33 bits per heavy atom. The first kappa shape index (κ1) is 23.9. The van der Waals surface area contributed by atoms with E-state index < -0.39 is 28.5 Å². The van der Waals surface area contributed by atoms with Crippen LogP contribution in [0.4, 0.5) is 5.69 Å². The molecule has 2 aromatic rings. The van der Waals surface area contributed by atoms with Gasteiger partial charge in [-0.1, -0.05) is 52.3 Å². The first-order chi connectivity index (χ1) is 14.1. The van der Waals surface area contributed by atoms with E-state index in [0.29, 0.717) is 16.6 Å². The molecule has 162 valence electrons. The number of hydrogen-bond acceptors (Lipinski definition) is 4. The molecule has 2 aromatic carbocycles. The van der Waals surface area contributed by atoms with Crippen LogP contribution in [0.15, 0.2) is 59.1 Å². The molecule has 0 aliphatic carbocycles. The van der Waals surface area contributed by atoms with E-state index in [4.69, 9.17) is 0 Å². The maximum Gasteiger partial charge on any atom is 0.244 e. The zero-order valence-corrected chi connectivity index (χ0v) is 19.6. The zero-order valence-electron chi connectivity index (χ0n) is 17.2. The summed E-state index contributed by atoms with van der Waals surface area (Å²) in [6, 6.07) is 15.6. The van der Waals surface area contributed by atoms with Gasteiger partial charge in [0, 0.05) is 18.1 Å². The summed E-state index contributed by atoms with van der Waals surface area (Å²) in [5, 5.41) is 2.55. The molecule has 0 saturated carbocycles. The smallest absolute Gasteiger partial charge is 0.244 e. The average Bonchev–Trinajstić information content (AvgIpc) is 2.71. The first-order valence-corrected chi connectivity index (χ1v) is 12.1. The van der Waals surface area contributed by atoms with Crippen molar-refractivity contribution in [1.82, 2.24) is 10.2 Å². The Labute approximate surface area is 186 Å². The number of carbonyl (C=O) groups excluding carboxylic acids is 2. The van der Waals surface area contributed by atoms with Crippen LogP contribution in [0.2, 0.25) is 0 Å². The average molecular weight is 496 g/mol. The second-order valence-electron chi connectivity index (χ2n) is 6.86. The van der Waals surface area contributed by atoms with E-state index >= 15 is 0 Å². The number of sulfonamides is 1. The lowest BCUT2D eigenvalue weighted by molar-refractivity contribution is -0.138. The Kier molecular flexibility index (Phi) is 8.43. The van der Waals surface area contributed by atoms with Gasteiger partial charge in [0.1, 0.15) is 12.6 Å². The third kappa shape index (κ3) is 6.56. The summed E-state index contributed by atoms with van der Waals surface area (Å²) in [5.41, 5.74) is 1.39. The van der Waals surface area contributed by atoms with Crippen LogP contribution >= 0.6 is 15.9 Å². The topological polar surface area (TPSA) is 86.8 Å². The maximum absolute atomic E-state index is 13.2. The van der Waals surface area contributed by atoms with Gasteiger partial charge in [-0.2, -0.15) is 0 Å². The maximum atomic E-state index is 13.2. The molecule has 1 N–H and O–H groups in total. The molecule has 0 aliphatic rings. The minimum atomic E-state index is -3.72. The van der Waals surface area contributed by atoms with Crippen molar-refractivity contribution in [3.8, 4) is 0 Å². The van der Waals surface area contributed by atoms with Gasteiger partial charge >= 0.3 is 0 Å². The van der Waals surface area contributed by atoms with Crippen LogP contribution in [0.3, 0.4) is 0 Å². The van der Waals surface area contributed by atoms with Gasteiger partial charge in [0.25, 0.3) is 0 Å². The number of halogens is 1. The molecule has 0 unspecified atom stereocenters. The van der Waals surface area contributed by atoms with Gasteiger partial charge < -0.3 is 10.2 Å². The molecule has 9 heteroatoms. The predicted molar refractivity (Wildman–Crippen MR) is 122 cm³/mol. The van der Waals surface area contributed by atoms with Crippen LogP contribution in [-0.4, -0.2) is 57.6 Å². The molecule has 0 aromatic heterocycles. The van der Waals surface area contributed by atoms with Crippen molar-refractivity contribution in [3.05, 3.63) is 64.6 Å². The fraction of sp³-hybridized carbons (Fsp3) is 0.333. The minimum Gasteiger partial charge on any atom is -0.357 e. The summed E-state index contributed by atoms with van der Waals surface area (Å²) in [4.78, 5) is 26.8. The Hall–Kier alpha value is -2.39. The highest BCUT2D eigenvalue weighted by molar-refractivity contribution is 9.10. The number of likely N-dealkylation sites (N-methyl/N-ethyl adjacent to an activating group) is 1. The molecule has 0 fully saturated rings. The number of benzene rings is 2. The molecule has 2 rings (SSSR count). The molecule has 0 aliphatic heterocycles. The molecule has 0 saturated heterocycles. The molecule has 0 radical (unpaired) electrons. The van der Waals surface area contributed by atoms with Crippen LogP contribution in [0.1, 0.15) is 12.5 Å². The standard InChI is InChI=1S/C21H26BrN3O4S/c1-16(21(27)23-2)24(13-12-17-8-5-4-6-9-17)20(26)15-25(30(3,28)29)19-11-7-10-18(22)14-19/h4-11,14,16H,12-13,15H2,1-3H3,(H,23,27)/t16-/m0/s1. The summed E-state index contributed by atoms with van der Waals surface area (Å²) in [6.07, 6.45) is 1.60. The van der Waals surface area contributed by atoms with E-state index in [-0.39, 0.29) is 12.5 Å². The quantitative estimate of drug-likeness (QED) is 0.578. The van der Waals surface area contributed by atoms with E-state index in [9.17, 15) is 18.0 Å². The normalized spacial score (nSPS) is 12.1. The number of rotatable bonds is 9. The Bertz CT molecular complexity index is 983. The van der Waals surface area contributed by atoms with Crippen molar-refractivity contribution in [2.45, 2.75) is 19.4 Å². The second-order valence-corrected chi connectivity index (χ2v) is 9.68. The molecular weight excluding hydrogens is 470 g/mol. The summed E-state index contributed by atoms with van der Waals surface area (Å²) in [5.74, 6) is -0.766. The molecule has 30 heavy (non-hydrogen) atoms. The fourth-order valence-corrected chi connectivity index (χ4v) is 4.25. The van der Waals surface area contributed by atoms with Crippen LogP contribution in [0, 0.1) is 0 Å². The first-order valence-electron chi connectivity index (χ1n) is 9.41. The number of amides is 2. The number of anilines is 1. The van der Waals surface area contributed by atoms with Crippen LogP contribution < -0.4 is 9.62 Å². The lowest BCUT2D eigenvalue weighted by Crippen LogP contribution is -2.51. The van der Waals surface area contributed by atoms with Gasteiger partial charge in [0.2, 0.25) is 21.8 Å². The van der Waals surface area contributed by atoms with Crippen LogP contribution in [0.25, 0.3) is 0 Å². The second kappa shape index (κ2) is 10.6. The lowest BCUT2D eigenvalue weighted by atomic mass is 10.1. The van der Waals surface area contributed by atoms with Crippen molar-refractivity contribution in [3.63, 3.8) is 0 Å². The third-order valence-electron chi connectivity index (χ3n) is 4.67. The molecular formula is C21H26BrN3O4S. The molecule has 0 spiro atoms. The van der Waals surface area contributed by atoms with Gasteiger partial charge in [0.05, 0.1) is 11.9 Å². The fourth-order valence-electron chi connectivity index (χ4n) is 3.02. The van der Waals surface area contributed by atoms with Crippen molar-refractivity contribution in [1.29, 1.82) is 0 Å². The summed E-state index contributed by atoms with van der Waals surface area (Å²) >= 11 is 3.32. The highest BCUT2D eigenvalue weighted by Crippen LogP contribution is 2.22. The summed E-state index contributed by atoms with van der Waals surface area (Å²) in [7, 11) is -2.21. The third-order valence-corrected chi connectivity index (χ3v) is 6.31. The molecule has 0 heterocycles. The lowest BCUT2D eigenvalue weighted by Gasteiger charge is -2.31.